The summed E-state index contributed by atoms with van der Waals surface area (Å²) in [6.07, 6.45) is -1.65. The number of rotatable bonds is 7. The van der Waals surface area contributed by atoms with Crippen LogP contribution in [-0.2, 0) is 16.1 Å². The fourth-order valence-electron chi connectivity index (χ4n) is 2.81. The molecule has 0 radical (unpaired) electrons. The number of benzene rings is 1. The van der Waals surface area contributed by atoms with Crippen LogP contribution in [0.4, 0.5) is 15.3 Å². The van der Waals surface area contributed by atoms with Crippen molar-refractivity contribution in [3.05, 3.63) is 39.9 Å². The maximum absolute atomic E-state index is 12.2. The maximum atomic E-state index is 12.2. The van der Waals surface area contributed by atoms with Gasteiger partial charge in [0.15, 0.2) is 5.96 Å². The first kappa shape index (κ1) is 22.4. The van der Waals surface area contributed by atoms with Crippen LogP contribution < -0.4 is 11.1 Å². The van der Waals surface area contributed by atoms with Gasteiger partial charge in [0.2, 0.25) is 5.91 Å². The number of nitro benzene ring substituents is 1. The Morgan fingerprint density at radius 2 is 2.03 bits per heavy atom. The van der Waals surface area contributed by atoms with Gasteiger partial charge in [0.05, 0.1) is 4.92 Å². The standard InChI is InChI=1S/C17H22N6O7/c18-15(19)22(8-6-14(24)20-12-5-7-21(9-12)16(25)26)17(27)30-10-11-1-3-13(4-2-11)23(28)29/h1-4,12H,5-10H2,(H3,18,19)(H,20,24)(H,25,26)/t12-/m0/s1. The van der Waals surface area contributed by atoms with E-state index in [9.17, 15) is 24.5 Å². The van der Waals surface area contributed by atoms with Crippen molar-refractivity contribution in [2.24, 2.45) is 5.73 Å². The van der Waals surface area contributed by atoms with Crippen LogP contribution in [0.3, 0.4) is 0 Å². The minimum absolute atomic E-state index is 0.102. The van der Waals surface area contributed by atoms with Gasteiger partial charge in [0.1, 0.15) is 6.61 Å². The lowest BCUT2D eigenvalue weighted by Gasteiger charge is -2.20. The van der Waals surface area contributed by atoms with Crippen LogP contribution in [0, 0.1) is 15.5 Å². The van der Waals surface area contributed by atoms with Gasteiger partial charge in [0, 0.05) is 44.2 Å². The molecule has 1 heterocycles. The minimum Gasteiger partial charge on any atom is -0.465 e. The van der Waals surface area contributed by atoms with E-state index in [1.54, 1.807) is 0 Å². The molecule has 0 bridgehead atoms. The number of nitrogens with one attached hydrogen (secondary N) is 2. The zero-order chi connectivity index (χ0) is 22.3. The Bertz CT molecular complexity index is 828. The van der Waals surface area contributed by atoms with Crippen molar-refractivity contribution in [3.8, 4) is 0 Å². The van der Waals surface area contributed by atoms with Crippen LogP contribution >= 0.6 is 0 Å². The molecule has 0 aliphatic carbocycles. The number of nitro groups is 1. The molecule has 13 nitrogen and oxygen atoms in total. The molecule has 0 aromatic heterocycles. The number of carbonyl (C=O) groups excluding carboxylic acids is 2. The van der Waals surface area contributed by atoms with Crippen molar-refractivity contribution in [2.75, 3.05) is 19.6 Å². The Balaban J connectivity index is 1.81. The van der Waals surface area contributed by atoms with Crippen LogP contribution in [0.2, 0.25) is 0 Å². The van der Waals surface area contributed by atoms with Crippen LogP contribution in [0.15, 0.2) is 24.3 Å². The number of nitrogens with two attached hydrogens (primary N) is 1. The fraction of sp³-hybridized carbons (Fsp3) is 0.412. The molecule has 0 unspecified atom stereocenters. The van der Waals surface area contributed by atoms with E-state index in [4.69, 9.17) is 21.0 Å². The third-order valence-corrected chi connectivity index (χ3v) is 4.41. The highest BCUT2D eigenvalue weighted by Gasteiger charge is 2.27. The van der Waals surface area contributed by atoms with Gasteiger partial charge in [0.25, 0.3) is 5.69 Å². The van der Waals surface area contributed by atoms with Gasteiger partial charge >= 0.3 is 12.2 Å². The van der Waals surface area contributed by atoms with Gasteiger partial charge in [-0.15, -0.1) is 0 Å². The number of carboxylic acid groups (broad SMARTS) is 1. The van der Waals surface area contributed by atoms with Crippen LogP contribution in [-0.4, -0.2) is 69.6 Å². The van der Waals surface area contributed by atoms with E-state index in [0.29, 0.717) is 18.5 Å². The van der Waals surface area contributed by atoms with Crippen LogP contribution in [0.25, 0.3) is 0 Å². The Morgan fingerprint density at radius 3 is 2.57 bits per heavy atom. The summed E-state index contributed by atoms with van der Waals surface area (Å²) < 4.78 is 5.05. The van der Waals surface area contributed by atoms with Crippen molar-refractivity contribution in [1.29, 1.82) is 5.41 Å². The number of nitrogens with zero attached hydrogens (tertiary/aromatic N) is 3. The van der Waals surface area contributed by atoms with Crippen molar-refractivity contribution in [3.63, 3.8) is 0 Å². The Kier molecular flexibility index (Phi) is 7.50. The molecule has 1 aromatic rings. The van der Waals surface area contributed by atoms with Gasteiger partial charge in [-0.3, -0.25) is 20.3 Å². The predicted molar refractivity (Wildman–Crippen MR) is 103 cm³/mol. The SMILES string of the molecule is N=C(N)N(CCC(=O)N[C@H]1CCN(C(=O)O)C1)C(=O)OCc1ccc([N+](=O)[O-])cc1. The Morgan fingerprint density at radius 1 is 1.37 bits per heavy atom. The van der Waals surface area contributed by atoms with Gasteiger partial charge in [-0.25, -0.2) is 14.5 Å². The zero-order valence-corrected chi connectivity index (χ0v) is 15.9. The summed E-state index contributed by atoms with van der Waals surface area (Å²) in [5, 5.41) is 29.7. The third kappa shape index (κ3) is 6.32. The molecule has 1 fully saturated rings. The average molecular weight is 422 g/mol. The van der Waals surface area contributed by atoms with Crippen molar-refractivity contribution in [2.45, 2.75) is 25.5 Å². The van der Waals surface area contributed by atoms with Crippen LogP contribution in [0.1, 0.15) is 18.4 Å². The first-order chi connectivity index (χ1) is 14.2. The number of amides is 3. The smallest absolute Gasteiger partial charge is 0.416 e. The zero-order valence-electron chi connectivity index (χ0n) is 15.9. The summed E-state index contributed by atoms with van der Waals surface area (Å²) in [6, 6.07) is 5.08. The molecule has 0 spiro atoms. The second-order valence-electron chi connectivity index (χ2n) is 6.55. The highest BCUT2D eigenvalue weighted by molar-refractivity contribution is 5.91. The van der Waals surface area contributed by atoms with E-state index in [2.05, 4.69) is 5.32 Å². The number of hydrogen-bond acceptors (Lipinski definition) is 7. The molecule has 5 N–H and O–H groups in total. The summed E-state index contributed by atoms with van der Waals surface area (Å²) in [7, 11) is 0. The number of non-ortho nitro benzene ring substituents is 1. The van der Waals surface area contributed by atoms with Gasteiger partial charge < -0.3 is 25.8 Å². The molecule has 162 valence electrons. The molecule has 30 heavy (non-hydrogen) atoms. The van der Waals surface area contributed by atoms with Gasteiger partial charge in [-0.1, -0.05) is 0 Å². The summed E-state index contributed by atoms with van der Waals surface area (Å²) in [4.78, 5) is 47.2. The number of likely N-dealkylation sites (tertiary alicyclic amines) is 1. The maximum Gasteiger partial charge on any atom is 0.416 e. The quantitative estimate of drug-likeness (QED) is 0.213. The van der Waals surface area contributed by atoms with E-state index in [-0.39, 0.29) is 37.8 Å². The van der Waals surface area contributed by atoms with E-state index < -0.39 is 29.0 Å². The molecule has 1 aliphatic rings. The molecule has 1 aromatic carbocycles. The lowest BCUT2D eigenvalue weighted by atomic mass is 10.2. The summed E-state index contributed by atoms with van der Waals surface area (Å²) in [6.45, 7) is 0.124. The number of guanidine groups is 1. The van der Waals surface area contributed by atoms with Gasteiger partial charge in [-0.2, -0.15) is 0 Å². The highest BCUT2D eigenvalue weighted by atomic mass is 16.6. The first-order valence-electron chi connectivity index (χ1n) is 8.96. The number of ether oxygens (including phenoxy) is 1. The molecule has 13 heteroatoms. The number of hydrogen-bond donors (Lipinski definition) is 4. The van der Waals surface area contributed by atoms with E-state index in [1.807, 2.05) is 0 Å². The molecule has 1 saturated heterocycles. The monoisotopic (exact) mass is 422 g/mol. The molecular weight excluding hydrogens is 400 g/mol. The lowest BCUT2D eigenvalue weighted by Crippen LogP contribution is -2.44. The summed E-state index contributed by atoms with van der Waals surface area (Å²) >= 11 is 0. The minimum atomic E-state index is -1.05. The summed E-state index contributed by atoms with van der Waals surface area (Å²) in [5.41, 5.74) is 5.79. The topological polar surface area (TPSA) is 192 Å². The van der Waals surface area contributed by atoms with E-state index >= 15 is 0 Å². The fourth-order valence-corrected chi connectivity index (χ4v) is 2.81. The third-order valence-electron chi connectivity index (χ3n) is 4.41. The average Bonchev–Trinajstić information content (AvgIpc) is 3.15. The normalized spacial score (nSPS) is 15.3. The Labute approximate surface area is 171 Å². The number of carbonyl (C=O) groups is 3. The summed E-state index contributed by atoms with van der Waals surface area (Å²) in [5.74, 6) is -1.02. The highest BCUT2D eigenvalue weighted by Crippen LogP contribution is 2.13. The lowest BCUT2D eigenvalue weighted by molar-refractivity contribution is -0.384. The predicted octanol–water partition coefficient (Wildman–Crippen LogP) is 0.685. The Hall–Kier alpha value is -3.90. The first-order valence-corrected chi connectivity index (χ1v) is 8.96. The largest absolute Gasteiger partial charge is 0.465 e. The molecule has 3 amide bonds. The molecule has 1 aliphatic heterocycles. The molecular formula is C17H22N6O7. The van der Waals surface area contributed by atoms with Crippen molar-refractivity contribution >= 4 is 29.7 Å². The van der Waals surface area contributed by atoms with Crippen molar-refractivity contribution in [1.82, 2.24) is 15.1 Å². The van der Waals surface area contributed by atoms with E-state index in [0.717, 1.165) is 4.90 Å². The second kappa shape index (κ2) is 10.0. The second-order valence-corrected chi connectivity index (χ2v) is 6.55. The van der Waals surface area contributed by atoms with Gasteiger partial charge in [-0.05, 0) is 24.1 Å². The molecule has 1 atom stereocenters. The van der Waals surface area contributed by atoms with Crippen molar-refractivity contribution < 1.29 is 29.2 Å². The van der Waals surface area contributed by atoms with Crippen LogP contribution in [0.5, 0.6) is 0 Å². The molecule has 2 rings (SSSR count). The molecule has 0 saturated carbocycles. The van der Waals surface area contributed by atoms with E-state index in [1.165, 1.54) is 29.2 Å².